The molecule has 0 radical (unpaired) electrons. The maximum absolute atomic E-state index is 10.1. The lowest BCUT2D eigenvalue weighted by molar-refractivity contribution is 0.00229. The molecule has 2 fully saturated rings. The third-order valence-corrected chi connectivity index (χ3v) is 4.78. The number of hydrogen-bond donors (Lipinski definition) is 1. The molecule has 0 spiro atoms. The molecular formula is C14H27NO. The van der Waals surface area contributed by atoms with E-state index >= 15 is 0 Å². The van der Waals surface area contributed by atoms with Gasteiger partial charge in [-0.2, -0.15) is 0 Å². The van der Waals surface area contributed by atoms with Gasteiger partial charge in [-0.1, -0.05) is 19.8 Å². The number of aliphatic hydroxyl groups excluding tert-OH is 1. The minimum atomic E-state index is -0.0712. The van der Waals surface area contributed by atoms with E-state index in [1.165, 1.54) is 44.9 Å². The number of rotatable bonds is 2. The Morgan fingerprint density at radius 1 is 0.938 bits per heavy atom. The summed E-state index contributed by atoms with van der Waals surface area (Å²) in [6.45, 7) is 2.37. The van der Waals surface area contributed by atoms with Crippen molar-refractivity contribution in [2.45, 2.75) is 76.5 Å². The summed E-state index contributed by atoms with van der Waals surface area (Å²) in [5.41, 5.74) is 0. The molecule has 0 saturated heterocycles. The van der Waals surface area contributed by atoms with Crippen LogP contribution in [-0.4, -0.2) is 35.2 Å². The van der Waals surface area contributed by atoms with Crippen molar-refractivity contribution in [1.82, 2.24) is 4.90 Å². The van der Waals surface area contributed by atoms with Crippen molar-refractivity contribution in [1.29, 1.82) is 0 Å². The van der Waals surface area contributed by atoms with Crippen LogP contribution in [0.1, 0.15) is 58.3 Å². The largest absolute Gasteiger partial charge is 0.391 e. The second-order valence-electron chi connectivity index (χ2n) is 6.00. The first-order valence-corrected chi connectivity index (χ1v) is 7.08. The highest BCUT2D eigenvalue weighted by Gasteiger charge is 2.31. The lowest BCUT2D eigenvalue weighted by Crippen LogP contribution is -2.49. The molecule has 94 valence electrons. The van der Waals surface area contributed by atoms with Gasteiger partial charge in [-0.15, -0.1) is 0 Å². The average molecular weight is 225 g/mol. The van der Waals surface area contributed by atoms with Gasteiger partial charge in [0.05, 0.1) is 6.10 Å². The summed E-state index contributed by atoms with van der Waals surface area (Å²) in [5, 5.41) is 10.1. The van der Waals surface area contributed by atoms with Crippen molar-refractivity contribution < 1.29 is 5.11 Å². The Bertz CT molecular complexity index is 211. The molecule has 2 heteroatoms. The van der Waals surface area contributed by atoms with Crippen LogP contribution in [0.2, 0.25) is 0 Å². The highest BCUT2D eigenvalue weighted by atomic mass is 16.3. The molecule has 0 unspecified atom stereocenters. The van der Waals surface area contributed by atoms with E-state index in [2.05, 4.69) is 18.9 Å². The SMILES string of the molecule is CC1CCC(N(C)[C@@H]2CCCC[C@H]2O)CC1. The molecule has 0 aliphatic heterocycles. The van der Waals surface area contributed by atoms with Crippen LogP contribution in [0.15, 0.2) is 0 Å². The van der Waals surface area contributed by atoms with Gasteiger partial charge in [0.2, 0.25) is 0 Å². The van der Waals surface area contributed by atoms with E-state index in [1.807, 2.05) is 0 Å². The Morgan fingerprint density at radius 3 is 2.19 bits per heavy atom. The lowest BCUT2D eigenvalue weighted by atomic mass is 9.84. The molecule has 2 atom stereocenters. The molecule has 0 amide bonds. The Morgan fingerprint density at radius 2 is 1.56 bits per heavy atom. The number of aliphatic hydroxyl groups is 1. The molecule has 2 aliphatic rings. The van der Waals surface area contributed by atoms with Gasteiger partial charge in [-0.3, -0.25) is 4.90 Å². The molecular weight excluding hydrogens is 198 g/mol. The molecule has 0 bridgehead atoms. The molecule has 16 heavy (non-hydrogen) atoms. The van der Waals surface area contributed by atoms with E-state index in [-0.39, 0.29) is 6.10 Å². The quantitative estimate of drug-likeness (QED) is 0.781. The average Bonchev–Trinajstić information content (AvgIpc) is 2.30. The molecule has 2 aliphatic carbocycles. The fourth-order valence-corrected chi connectivity index (χ4v) is 3.49. The van der Waals surface area contributed by atoms with E-state index in [1.54, 1.807) is 0 Å². The molecule has 0 aromatic carbocycles. The van der Waals surface area contributed by atoms with E-state index in [9.17, 15) is 5.11 Å². The first-order valence-electron chi connectivity index (χ1n) is 7.08. The Kier molecular flexibility index (Phi) is 4.26. The van der Waals surface area contributed by atoms with Crippen molar-refractivity contribution in [2.75, 3.05) is 7.05 Å². The van der Waals surface area contributed by atoms with Crippen molar-refractivity contribution in [3.05, 3.63) is 0 Å². The number of likely N-dealkylation sites (N-methyl/N-ethyl adjacent to an activating group) is 1. The highest BCUT2D eigenvalue weighted by molar-refractivity contribution is 4.87. The van der Waals surface area contributed by atoms with E-state index in [4.69, 9.17) is 0 Å². The zero-order valence-corrected chi connectivity index (χ0v) is 10.9. The second-order valence-corrected chi connectivity index (χ2v) is 6.00. The first kappa shape index (κ1) is 12.4. The van der Waals surface area contributed by atoms with Crippen LogP contribution in [0.4, 0.5) is 0 Å². The molecule has 0 aromatic rings. The summed E-state index contributed by atoms with van der Waals surface area (Å²) in [5.74, 6) is 0.918. The summed E-state index contributed by atoms with van der Waals surface area (Å²) < 4.78 is 0. The monoisotopic (exact) mass is 225 g/mol. The Labute approximate surface area is 100 Å². The molecule has 2 saturated carbocycles. The molecule has 2 nitrogen and oxygen atoms in total. The summed E-state index contributed by atoms with van der Waals surface area (Å²) >= 11 is 0. The van der Waals surface area contributed by atoms with Crippen molar-refractivity contribution in [3.63, 3.8) is 0 Å². The van der Waals surface area contributed by atoms with Gasteiger partial charge in [0.15, 0.2) is 0 Å². The van der Waals surface area contributed by atoms with E-state index in [0.717, 1.165) is 18.4 Å². The molecule has 2 rings (SSSR count). The van der Waals surface area contributed by atoms with Gasteiger partial charge in [0.25, 0.3) is 0 Å². The highest BCUT2D eigenvalue weighted by Crippen LogP contribution is 2.31. The van der Waals surface area contributed by atoms with E-state index < -0.39 is 0 Å². The fraction of sp³-hybridized carbons (Fsp3) is 1.00. The minimum Gasteiger partial charge on any atom is -0.391 e. The van der Waals surface area contributed by atoms with Crippen LogP contribution in [0.3, 0.4) is 0 Å². The van der Waals surface area contributed by atoms with Crippen molar-refractivity contribution >= 4 is 0 Å². The molecule has 0 heterocycles. The standard InChI is InChI=1S/C14H27NO/c1-11-7-9-12(10-8-11)15(2)13-5-3-4-6-14(13)16/h11-14,16H,3-10H2,1-2H3/t11?,12?,13-,14-/m1/s1. The lowest BCUT2D eigenvalue weighted by Gasteiger charge is -2.42. The normalized spacial score (nSPS) is 41.2. The topological polar surface area (TPSA) is 23.5 Å². The van der Waals surface area contributed by atoms with Crippen LogP contribution in [0, 0.1) is 5.92 Å². The van der Waals surface area contributed by atoms with Crippen LogP contribution in [0.25, 0.3) is 0 Å². The van der Waals surface area contributed by atoms with Crippen LogP contribution in [0.5, 0.6) is 0 Å². The summed E-state index contributed by atoms with van der Waals surface area (Å²) in [6, 6.07) is 1.17. The van der Waals surface area contributed by atoms with Crippen molar-refractivity contribution in [2.24, 2.45) is 5.92 Å². The predicted octanol–water partition coefficient (Wildman–Crippen LogP) is 2.80. The van der Waals surface area contributed by atoms with Gasteiger partial charge in [0, 0.05) is 12.1 Å². The smallest absolute Gasteiger partial charge is 0.0695 e. The summed E-state index contributed by atoms with van der Waals surface area (Å²) in [7, 11) is 2.24. The van der Waals surface area contributed by atoms with Gasteiger partial charge >= 0.3 is 0 Å². The van der Waals surface area contributed by atoms with Gasteiger partial charge in [-0.05, 0) is 51.5 Å². The van der Waals surface area contributed by atoms with Crippen LogP contribution < -0.4 is 0 Å². The maximum atomic E-state index is 10.1. The van der Waals surface area contributed by atoms with E-state index in [0.29, 0.717) is 6.04 Å². The zero-order chi connectivity index (χ0) is 11.5. The minimum absolute atomic E-state index is 0.0712. The molecule has 0 aromatic heterocycles. The predicted molar refractivity (Wildman–Crippen MR) is 67.4 cm³/mol. The van der Waals surface area contributed by atoms with Gasteiger partial charge in [-0.25, -0.2) is 0 Å². The van der Waals surface area contributed by atoms with Gasteiger partial charge < -0.3 is 5.11 Å². The Balaban J connectivity index is 1.88. The Hall–Kier alpha value is -0.0800. The van der Waals surface area contributed by atoms with Gasteiger partial charge in [0.1, 0.15) is 0 Å². The van der Waals surface area contributed by atoms with Crippen LogP contribution >= 0.6 is 0 Å². The number of nitrogens with zero attached hydrogens (tertiary/aromatic N) is 1. The molecule has 1 N–H and O–H groups in total. The van der Waals surface area contributed by atoms with Crippen LogP contribution in [-0.2, 0) is 0 Å². The summed E-state index contributed by atoms with van der Waals surface area (Å²) in [6.07, 6.45) is 10.1. The second kappa shape index (κ2) is 5.50. The maximum Gasteiger partial charge on any atom is 0.0695 e. The third-order valence-electron chi connectivity index (χ3n) is 4.78. The summed E-state index contributed by atoms with van der Waals surface area (Å²) in [4.78, 5) is 2.50. The zero-order valence-electron chi connectivity index (χ0n) is 10.9. The van der Waals surface area contributed by atoms with Crippen molar-refractivity contribution in [3.8, 4) is 0 Å². The number of hydrogen-bond acceptors (Lipinski definition) is 2. The first-order chi connectivity index (χ1) is 7.68. The third kappa shape index (κ3) is 2.78. The fourth-order valence-electron chi connectivity index (χ4n) is 3.49.